The van der Waals surface area contributed by atoms with Crippen molar-refractivity contribution >= 4 is 62.3 Å². The van der Waals surface area contributed by atoms with Gasteiger partial charge < -0.3 is 35.5 Å². The lowest BCUT2D eigenvalue weighted by molar-refractivity contribution is -0.119. The molecule has 3 saturated heterocycles. The third-order valence-electron chi connectivity index (χ3n) is 7.20. The first-order valence-electron chi connectivity index (χ1n) is 12.4. The minimum absolute atomic E-state index is 0.00108. The number of phosphoric ester groups is 1. The van der Waals surface area contributed by atoms with E-state index in [0.29, 0.717) is 17.3 Å². The Hall–Kier alpha value is -2.83. The first-order chi connectivity index (χ1) is 20.1. The fourth-order valence-corrected chi connectivity index (χ4v) is 7.89. The van der Waals surface area contributed by atoms with E-state index in [1.807, 2.05) is 0 Å². The van der Waals surface area contributed by atoms with Crippen molar-refractivity contribution in [3.63, 3.8) is 0 Å². The molecule has 224 valence electrons. The number of halogens is 1. The van der Waals surface area contributed by atoms with Crippen LogP contribution in [0.2, 0.25) is 0 Å². The summed E-state index contributed by atoms with van der Waals surface area (Å²) < 4.78 is 44.7. The molecule has 3 fully saturated rings. The van der Waals surface area contributed by atoms with Gasteiger partial charge in [-0.3, -0.25) is 28.0 Å². The number of H-pyrrole nitrogens is 1. The number of hydrogen-bond acceptors (Lipinski definition) is 15. The molecular weight excluding hydrogens is 622 g/mol. The quantitative estimate of drug-likeness (QED) is 0.137. The number of aromatic nitrogens is 8. The maximum absolute atomic E-state index is 13.1. The van der Waals surface area contributed by atoms with Crippen LogP contribution in [-0.4, -0.2) is 91.8 Å². The molecule has 22 heteroatoms. The van der Waals surface area contributed by atoms with Crippen LogP contribution in [0.15, 0.2) is 23.8 Å². The topological polar surface area (TPSA) is 263 Å². The second kappa shape index (κ2) is 10.4. The molecule has 0 spiro atoms. The summed E-state index contributed by atoms with van der Waals surface area (Å²) in [4.78, 5) is 45.8. The largest absolute Gasteiger partial charge is 0.472 e. The van der Waals surface area contributed by atoms with Crippen LogP contribution in [0.4, 0.5) is 11.8 Å². The highest BCUT2D eigenvalue weighted by Gasteiger charge is 2.52. The summed E-state index contributed by atoms with van der Waals surface area (Å²) in [5.74, 6) is -0.443. The number of aliphatic hydroxyl groups is 1. The van der Waals surface area contributed by atoms with Crippen molar-refractivity contribution in [2.24, 2.45) is 5.92 Å². The van der Waals surface area contributed by atoms with E-state index in [4.69, 9.17) is 46.1 Å². The van der Waals surface area contributed by atoms with E-state index in [9.17, 15) is 19.4 Å². The summed E-state index contributed by atoms with van der Waals surface area (Å²) >= 11 is 6.87. The lowest BCUT2D eigenvalue weighted by Gasteiger charge is -2.26. The number of nitrogens with two attached hydrogens (primary N) is 2. The molecule has 4 aromatic heterocycles. The lowest BCUT2D eigenvalue weighted by atomic mass is 10.0. The molecule has 3 aliphatic rings. The molecule has 0 aromatic carbocycles. The van der Waals surface area contributed by atoms with Gasteiger partial charge in [0.2, 0.25) is 5.95 Å². The molecule has 0 amide bonds. The van der Waals surface area contributed by atoms with Crippen LogP contribution in [0, 0.1) is 5.92 Å². The van der Waals surface area contributed by atoms with Gasteiger partial charge in [0.1, 0.15) is 24.1 Å². The van der Waals surface area contributed by atoms with Crippen LogP contribution in [-0.2, 0) is 27.6 Å². The number of aliphatic hydroxyl groups excluding tert-OH is 1. The van der Waals surface area contributed by atoms with Gasteiger partial charge in [0, 0.05) is 14.7 Å². The van der Waals surface area contributed by atoms with Gasteiger partial charge in [-0.25, -0.2) is 24.5 Å². The summed E-state index contributed by atoms with van der Waals surface area (Å²) in [6, 6.07) is 0. The Bertz CT molecular complexity index is 1770. The van der Waals surface area contributed by atoms with E-state index < -0.39 is 61.7 Å². The Kier molecular flexibility index (Phi) is 6.93. The zero-order chi connectivity index (χ0) is 29.3. The van der Waals surface area contributed by atoms with Gasteiger partial charge in [-0.15, -0.1) is 11.6 Å². The number of imidazole rings is 2. The molecule has 10 atom stereocenters. The normalized spacial score (nSPS) is 36.3. The Labute approximate surface area is 240 Å². The lowest BCUT2D eigenvalue weighted by Crippen LogP contribution is -2.35. The average molecular weight is 645 g/mol. The predicted molar refractivity (Wildman–Crippen MR) is 144 cm³/mol. The highest BCUT2D eigenvalue weighted by atomic mass is 35.5. The Morgan fingerprint density at radius 2 is 1.86 bits per heavy atom. The highest BCUT2D eigenvalue weighted by Crippen LogP contribution is 2.52. The molecule has 7 N–H and O–H groups in total. The number of anilines is 2. The maximum atomic E-state index is 13.1. The smallest absolute Gasteiger partial charge is 0.385 e. The number of rotatable bonds is 2. The van der Waals surface area contributed by atoms with E-state index in [0.717, 1.165) is 0 Å². The number of nitrogens with one attached hydrogen (secondary N) is 1. The van der Waals surface area contributed by atoms with Crippen molar-refractivity contribution in [3.8, 4) is 0 Å². The first-order valence-corrected chi connectivity index (χ1v) is 15.5. The number of aromatic amines is 1. The van der Waals surface area contributed by atoms with E-state index in [-0.39, 0.29) is 38.3 Å². The van der Waals surface area contributed by atoms with Crippen LogP contribution in [0.1, 0.15) is 12.5 Å². The molecule has 2 bridgehead atoms. The van der Waals surface area contributed by atoms with Crippen molar-refractivity contribution in [1.29, 1.82) is 0 Å². The summed E-state index contributed by atoms with van der Waals surface area (Å²) in [6.07, 6.45) is -2.86. The molecule has 19 nitrogen and oxygen atoms in total. The molecule has 7 rings (SSSR count). The average Bonchev–Trinajstić information content (AvgIpc) is 3.69. The number of alkyl halides is 1. The first kappa shape index (κ1) is 28.0. The molecule has 3 aliphatic heterocycles. The zero-order valence-electron chi connectivity index (χ0n) is 21.1. The van der Waals surface area contributed by atoms with Gasteiger partial charge >= 0.3 is 7.82 Å². The van der Waals surface area contributed by atoms with Crippen molar-refractivity contribution < 1.29 is 37.6 Å². The summed E-state index contributed by atoms with van der Waals surface area (Å²) in [5, 5.41) is 10.3. The monoisotopic (exact) mass is 644 g/mol. The third-order valence-corrected chi connectivity index (χ3v) is 9.77. The number of phosphoric acid groups is 1. The third kappa shape index (κ3) is 4.66. The van der Waals surface area contributed by atoms with E-state index >= 15 is 0 Å². The van der Waals surface area contributed by atoms with Gasteiger partial charge in [0.15, 0.2) is 41.4 Å². The van der Waals surface area contributed by atoms with Gasteiger partial charge in [-0.05, 0) is 6.16 Å². The second-order valence-corrected chi connectivity index (χ2v) is 12.6. The fraction of sp³-hybridized carbons (Fsp3) is 0.500. The van der Waals surface area contributed by atoms with E-state index in [1.54, 1.807) is 4.57 Å². The van der Waals surface area contributed by atoms with Gasteiger partial charge in [0.25, 0.3) is 5.56 Å². The molecular formula is C20H23ClN10O9P2. The SMILES string of the molecule is Nc1nc2c(ncn2[C@@H]2OC3OPC[C@H]4[C@H](Cl)[C@H](n5cnc6c(N)ncnc65)O[C@@H]4COP(=O)(O)O[C@@H]2[C@@H]3O)c(=O)[nH]1. The number of nitrogen functional groups attached to an aromatic ring is 2. The van der Waals surface area contributed by atoms with Crippen molar-refractivity contribution in [2.45, 2.75) is 42.4 Å². The predicted octanol–water partition coefficient (Wildman–Crippen LogP) is -0.413. The van der Waals surface area contributed by atoms with Gasteiger partial charge in [-0.2, -0.15) is 4.98 Å². The number of nitrogens with zero attached hydrogens (tertiary/aromatic N) is 7. The zero-order valence-corrected chi connectivity index (χ0v) is 23.8. The Morgan fingerprint density at radius 3 is 2.67 bits per heavy atom. The van der Waals surface area contributed by atoms with Crippen LogP contribution >= 0.6 is 28.2 Å². The Morgan fingerprint density at radius 1 is 1.10 bits per heavy atom. The Balaban J connectivity index is 1.17. The second-order valence-electron chi connectivity index (χ2n) is 9.72. The molecule has 7 heterocycles. The molecule has 3 unspecified atom stereocenters. The maximum Gasteiger partial charge on any atom is 0.472 e. The van der Waals surface area contributed by atoms with Crippen molar-refractivity contribution in [2.75, 3.05) is 24.2 Å². The summed E-state index contributed by atoms with van der Waals surface area (Å²) in [7, 11) is -5.10. The molecule has 42 heavy (non-hydrogen) atoms. The fourth-order valence-electron chi connectivity index (χ4n) is 5.22. The molecule has 4 aromatic rings. The van der Waals surface area contributed by atoms with Gasteiger partial charge in [0.05, 0.1) is 30.7 Å². The molecule has 0 saturated carbocycles. The summed E-state index contributed by atoms with van der Waals surface area (Å²) in [6.45, 7) is -0.383. The minimum atomic E-state index is -4.85. The number of hydrogen-bond donors (Lipinski definition) is 5. The number of fused-ring (bicyclic) bond motifs is 5. The molecule has 0 radical (unpaired) electrons. The highest BCUT2D eigenvalue weighted by molar-refractivity contribution is 7.47. The van der Waals surface area contributed by atoms with E-state index in [1.165, 1.54) is 23.5 Å². The van der Waals surface area contributed by atoms with Crippen LogP contribution in [0.25, 0.3) is 22.3 Å². The van der Waals surface area contributed by atoms with Crippen LogP contribution in [0.5, 0.6) is 0 Å². The minimum Gasteiger partial charge on any atom is -0.385 e. The van der Waals surface area contributed by atoms with Crippen LogP contribution in [0.3, 0.4) is 0 Å². The van der Waals surface area contributed by atoms with Gasteiger partial charge in [-0.1, -0.05) is 0 Å². The van der Waals surface area contributed by atoms with Crippen molar-refractivity contribution in [1.82, 2.24) is 39.0 Å². The molecule has 0 aliphatic carbocycles. The number of ether oxygens (including phenoxy) is 2. The standard InChI is InChI=1S/C20H23ClN10O9P2/c21-8-6-2-41-39-19-11(32)12(18(38-19)31-5-27-10-15(31)28-20(23)29-16(10)33)40-42(34,35)36-1-7(6)37-17(8)30-4-26-9-13(22)24-3-25-14(9)30/h3-8,11-12,17-19,32,41H,1-2H2,(H,34,35)(H2,22,24,25)(H3,23,28,29,33)/t6-,7-,8+,11+,12-,17-,18-,19?/m1/s1. The van der Waals surface area contributed by atoms with Crippen LogP contribution < -0.4 is 17.0 Å². The van der Waals surface area contributed by atoms with E-state index in [2.05, 4.69) is 29.9 Å². The van der Waals surface area contributed by atoms with Crippen molar-refractivity contribution in [3.05, 3.63) is 29.3 Å². The summed E-state index contributed by atoms with van der Waals surface area (Å²) in [5.41, 5.74) is 11.7.